The maximum absolute atomic E-state index is 11.4. The van der Waals surface area contributed by atoms with Gasteiger partial charge in [0, 0.05) is 18.9 Å². The second-order valence-corrected chi connectivity index (χ2v) is 7.31. The summed E-state index contributed by atoms with van der Waals surface area (Å²) < 4.78 is 28.2. The molecule has 1 N–H and O–H groups in total. The van der Waals surface area contributed by atoms with Crippen LogP contribution in [0.1, 0.15) is 38.8 Å². The molecule has 0 aliphatic carbocycles. The van der Waals surface area contributed by atoms with E-state index < -0.39 is 9.84 Å². The van der Waals surface area contributed by atoms with Gasteiger partial charge in [0.1, 0.15) is 0 Å². The Labute approximate surface area is 122 Å². The third-order valence-electron chi connectivity index (χ3n) is 3.03. The molecular formula is C15H25NO3S. The zero-order valence-corrected chi connectivity index (χ0v) is 13.5. The van der Waals surface area contributed by atoms with Crippen molar-refractivity contribution in [2.24, 2.45) is 0 Å². The van der Waals surface area contributed by atoms with E-state index in [1.54, 1.807) is 12.1 Å². The first-order valence-electron chi connectivity index (χ1n) is 6.95. The first-order valence-corrected chi connectivity index (χ1v) is 8.85. The number of ether oxygens (including phenoxy) is 1. The Morgan fingerprint density at radius 3 is 2.25 bits per heavy atom. The van der Waals surface area contributed by atoms with Gasteiger partial charge < -0.3 is 10.1 Å². The predicted octanol–water partition coefficient (Wildman–Crippen LogP) is 2.56. The molecule has 1 aromatic carbocycles. The van der Waals surface area contributed by atoms with Gasteiger partial charge in [-0.2, -0.15) is 0 Å². The van der Waals surface area contributed by atoms with Crippen molar-refractivity contribution in [2.45, 2.75) is 44.2 Å². The Hall–Kier alpha value is -0.910. The first-order chi connectivity index (χ1) is 9.30. The lowest BCUT2D eigenvalue weighted by Gasteiger charge is -2.15. The van der Waals surface area contributed by atoms with Crippen LogP contribution in [0.2, 0.25) is 0 Å². The van der Waals surface area contributed by atoms with Gasteiger partial charge in [0.05, 0.1) is 11.0 Å². The van der Waals surface area contributed by atoms with Gasteiger partial charge in [-0.15, -0.1) is 0 Å². The minimum absolute atomic E-state index is 0.197. The van der Waals surface area contributed by atoms with Crippen molar-refractivity contribution in [1.29, 1.82) is 0 Å². The molecule has 0 saturated heterocycles. The number of hydrogen-bond acceptors (Lipinski definition) is 4. The van der Waals surface area contributed by atoms with Gasteiger partial charge in [-0.1, -0.05) is 12.1 Å². The molecule has 0 amide bonds. The molecule has 1 atom stereocenters. The molecule has 0 radical (unpaired) electrons. The van der Waals surface area contributed by atoms with E-state index in [2.05, 4.69) is 12.2 Å². The lowest BCUT2D eigenvalue weighted by molar-refractivity contribution is 0.0768. The predicted molar refractivity (Wildman–Crippen MR) is 81.7 cm³/mol. The Morgan fingerprint density at radius 1 is 1.15 bits per heavy atom. The van der Waals surface area contributed by atoms with E-state index in [0.29, 0.717) is 4.90 Å². The van der Waals surface area contributed by atoms with E-state index in [1.165, 1.54) is 6.26 Å². The van der Waals surface area contributed by atoms with Gasteiger partial charge in [0.25, 0.3) is 0 Å². The summed E-state index contributed by atoms with van der Waals surface area (Å²) in [5.74, 6) is 0. The lowest BCUT2D eigenvalue weighted by Crippen LogP contribution is -2.21. The zero-order valence-electron chi connectivity index (χ0n) is 12.7. The van der Waals surface area contributed by atoms with E-state index in [1.807, 2.05) is 26.0 Å². The fourth-order valence-electron chi connectivity index (χ4n) is 1.83. The fraction of sp³-hybridized carbons (Fsp3) is 0.600. The fourth-order valence-corrected chi connectivity index (χ4v) is 2.46. The Bertz CT molecular complexity index is 494. The quantitative estimate of drug-likeness (QED) is 0.750. The highest BCUT2D eigenvalue weighted by atomic mass is 32.2. The molecule has 0 fully saturated rings. The Kier molecular flexibility index (Phi) is 6.65. The molecule has 0 saturated carbocycles. The van der Waals surface area contributed by atoms with Gasteiger partial charge in [-0.25, -0.2) is 8.42 Å². The van der Waals surface area contributed by atoms with Crippen molar-refractivity contribution in [3.63, 3.8) is 0 Å². The van der Waals surface area contributed by atoms with E-state index in [0.717, 1.165) is 25.1 Å². The van der Waals surface area contributed by atoms with Crippen molar-refractivity contribution < 1.29 is 13.2 Å². The molecule has 1 aromatic rings. The van der Waals surface area contributed by atoms with Crippen LogP contribution in [0.3, 0.4) is 0 Å². The van der Waals surface area contributed by atoms with Crippen molar-refractivity contribution in [3.8, 4) is 0 Å². The van der Waals surface area contributed by atoms with Crippen LogP contribution in [0.4, 0.5) is 0 Å². The average Bonchev–Trinajstić information content (AvgIpc) is 2.37. The molecule has 20 heavy (non-hydrogen) atoms. The molecule has 0 spiro atoms. The number of sulfone groups is 1. The summed E-state index contributed by atoms with van der Waals surface area (Å²) in [6, 6.07) is 7.23. The third-order valence-corrected chi connectivity index (χ3v) is 4.16. The van der Waals surface area contributed by atoms with Gasteiger partial charge in [0.2, 0.25) is 0 Å². The summed E-state index contributed by atoms with van der Waals surface area (Å²) in [6.45, 7) is 7.75. The van der Waals surface area contributed by atoms with Gasteiger partial charge >= 0.3 is 0 Å². The van der Waals surface area contributed by atoms with E-state index >= 15 is 0 Å². The second kappa shape index (κ2) is 7.76. The Morgan fingerprint density at radius 2 is 1.75 bits per heavy atom. The molecule has 1 unspecified atom stereocenters. The van der Waals surface area contributed by atoms with Crippen LogP contribution in [0.25, 0.3) is 0 Å². The van der Waals surface area contributed by atoms with Crippen molar-refractivity contribution in [3.05, 3.63) is 29.8 Å². The van der Waals surface area contributed by atoms with E-state index in [4.69, 9.17) is 4.74 Å². The minimum Gasteiger partial charge on any atom is -0.379 e. The molecule has 1 rings (SSSR count). The molecule has 0 heterocycles. The smallest absolute Gasteiger partial charge is 0.175 e. The SMILES string of the molecule is CC(C)OCCCNC(C)c1ccc(S(C)(=O)=O)cc1. The largest absolute Gasteiger partial charge is 0.379 e. The summed E-state index contributed by atoms with van der Waals surface area (Å²) >= 11 is 0. The van der Waals surface area contributed by atoms with Crippen LogP contribution >= 0.6 is 0 Å². The molecule has 0 bridgehead atoms. The van der Waals surface area contributed by atoms with Gasteiger partial charge in [-0.3, -0.25) is 0 Å². The van der Waals surface area contributed by atoms with E-state index in [9.17, 15) is 8.42 Å². The van der Waals surface area contributed by atoms with E-state index in [-0.39, 0.29) is 12.1 Å². The van der Waals surface area contributed by atoms with Crippen molar-refractivity contribution in [2.75, 3.05) is 19.4 Å². The van der Waals surface area contributed by atoms with Crippen LogP contribution < -0.4 is 5.32 Å². The highest BCUT2D eigenvalue weighted by Crippen LogP contribution is 2.16. The molecule has 114 valence electrons. The molecule has 4 nitrogen and oxygen atoms in total. The number of benzene rings is 1. The standard InChI is InChI=1S/C15H25NO3S/c1-12(2)19-11-5-10-16-13(3)14-6-8-15(9-7-14)20(4,17)18/h6-9,12-13,16H,5,10-11H2,1-4H3. The first kappa shape index (κ1) is 17.1. The number of nitrogens with one attached hydrogen (secondary N) is 1. The Balaban J connectivity index is 2.42. The summed E-state index contributed by atoms with van der Waals surface area (Å²) in [5, 5.41) is 3.40. The highest BCUT2D eigenvalue weighted by Gasteiger charge is 2.09. The van der Waals surface area contributed by atoms with Crippen molar-refractivity contribution >= 4 is 9.84 Å². The average molecular weight is 299 g/mol. The summed E-state index contributed by atoms with van der Waals surface area (Å²) in [5.41, 5.74) is 1.09. The topological polar surface area (TPSA) is 55.4 Å². The summed E-state index contributed by atoms with van der Waals surface area (Å²) in [6.07, 6.45) is 2.46. The third kappa shape index (κ3) is 6.03. The maximum atomic E-state index is 11.4. The van der Waals surface area contributed by atoms with Gasteiger partial charge in [0.15, 0.2) is 9.84 Å². The molecular weight excluding hydrogens is 274 g/mol. The van der Waals surface area contributed by atoms with Crippen LogP contribution in [0, 0.1) is 0 Å². The minimum atomic E-state index is -3.11. The van der Waals surface area contributed by atoms with Crippen LogP contribution in [-0.2, 0) is 14.6 Å². The highest BCUT2D eigenvalue weighted by molar-refractivity contribution is 7.90. The molecule has 0 aliphatic rings. The van der Waals surface area contributed by atoms with Gasteiger partial charge in [-0.05, 0) is 51.4 Å². The number of hydrogen-bond donors (Lipinski definition) is 1. The van der Waals surface area contributed by atoms with Crippen LogP contribution in [-0.4, -0.2) is 33.9 Å². The summed E-state index contributed by atoms with van der Waals surface area (Å²) in [7, 11) is -3.11. The summed E-state index contributed by atoms with van der Waals surface area (Å²) in [4.78, 5) is 0.360. The van der Waals surface area contributed by atoms with Crippen LogP contribution in [0.5, 0.6) is 0 Å². The lowest BCUT2D eigenvalue weighted by atomic mass is 10.1. The number of rotatable bonds is 8. The second-order valence-electron chi connectivity index (χ2n) is 5.29. The maximum Gasteiger partial charge on any atom is 0.175 e. The molecule has 5 heteroatoms. The molecule has 0 aliphatic heterocycles. The van der Waals surface area contributed by atoms with Crippen molar-refractivity contribution in [1.82, 2.24) is 5.32 Å². The normalized spacial score (nSPS) is 13.7. The van der Waals surface area contributed by atoms with Crippen LogP contribution in [0.15, 0.2) is 29.2 Å². The monoisotopic (exact) mass is 299 g/mol. The zero-order chi connectivity index (χ0) is 15.2. The molecule has 0 aromatic heterocycles.